The molecule has 6 nitrogen and oxygen atoms in total. The van der Waals surface area contributed by atoms with Gasteiger partial charge in [-0.15, -0.1) is 0 Å². The van der Waals surface area contributed by atoms with Gasteiger partial charge < -0.3 is 9.84 Å². The summed E-state index contributed by atoms with van der Waals surface area (Å²) in [6.45, 7) is 8.52. The molecule has 3 aromatic rings. The van der Waals surface area contributed by atoms with E-state index < -0.39 is 17.7 Å². The average Bonchev–Trinajstić information content (AvgIpc) is 3.10. The number of hydrogen-bond acceptors (Lipinski definition) is 5. The number of ether oxygens (including phenoxy) is 1. The van der Waals surface area contributed by atoms with Gasteiger partial charge in [-0.2, -0.15) is 0 Å². The zero-order chi connectivity index (χ0) is 25.3. The fraction of sp³-hybridized carbons (Fsp3) is 0.250. The van der Waals surface area contributed by atoms with Crippen molar-refractivity contribution < 1.29 is 19.4 Å². The molecule has 0 spiro atoms. The van der Waals surface area contributed by atoms with Crippen molar-refractivity contribution >= 4 is 34.7 Å². The maximum atomic E-state index is 13.3. The Balaban J connectivity index is 1.88. The van der Waals surface area contributed by atoms with E-state index in [1.165, 1.54) is 4.90 Å². The maximum absolute atomic E-state index is 13.3. The number of Topliss-reactive ketones (excluding diaryl/α,β-unsaturated/α-hetero) is 1. The number of aliphatic hydroxyl groups is 1. The van der Waals surface area contributed by atoms with E-state index in [0.29, 0.717) is 34.2 Å². The van der Waals surface area contributed by atoms with Gasteiger partial charge in [0.1, 0.15) is 11.5 Å². The van der Waals surface area contributed by atoms with Crippen LogP contribution in [-0.2, 0) is 15.0 Å². The SMILES string of the molecule is CCOc1cc(/C(O)=C2/C(=O)C(=O)N(c3ccc(C(C)(C)C)cc3)C2c2cccnc2)ccc1Cl. The van der Waals surface area contributed by atoms with Crippen LogP contribution in [0.3, 0.4) is 0 Å². The highest BCUT2D eigenvalue weighted by Gasteiger charge is 2.47. The molecule has 7 heteroatoms. The van der Waals surface area contributed by atoms with Crippen molar-refractivity contribution in [3.05, 3.63) is 94.3 Å². The monoisotopic (exact) mass is 490 g/mol. The van der Waals surface area contributed by atoms with Crippen LogP contribution in [0.25, 0.3) is 5.76 Å². The molecular weight excluding hydrogens is 464 g/mol. The van der Waals surface area contributed by atoms with E-state index >= 15 is 0 Å². The molecule has 0 radical (unpaired) electrons. The second-order valence-corrected chi connectivity index (χ2v) is 9.74. The Bertz CT molecular complexity index is 1290. The number of pyridine rings is 1. The number of halogens is 1. The molecule has 35 heavy (non-hydrogen) atoms. The lowest BCUT2D eigenvalue weighted by Crippen LogP contribution is -2.29. The van der Waals surface area contributed by atoms with Gasteiger partial charge in [-0.3, -0.25) is 19.5 Å². The van der Waals surface area contributed by atoms with Crippen LogP contribution < -0.4 is 9.64 Å². The highest BCUT2D eigenvalue weighted by atomic mass is 35.5. The first-order chi connectivity index (χ1) is 16.6. The Morgan fingerprint density at radius 3 is 2.43 bits per heavy atom. The summed E-state index contributed by atoms with van der Waals surface area (Å²) in [6, 6.07) is 14.9. The molecule has 2 aromatic carbocycles. The summed E-state index contributed by atoms with van der Waals surface area (Å²) in [5.41, 5.74) is 2.49. The third-order valence-corrected chi connectivity index (χ3v) is 6.27. The summed E-state index contributed by atoms with van der Waals surface area (Å²) in [4.78, 5) is 32.2. The van der Waals surface area contributed by atoms with E-state index in [-0.39, 0.29) is 16.7 Å². The summed E-state index contributed by atoms with van der Waals surface area (Å²) >= 11 is 6.20. The van der Waals surface area contributed by atoms with E-state index in [2.05, 4.69) is 25.8 Å². The predicted molar refractivity (Wildman–Crippen MR) is 137 cm³/mol. The number of benzene rings is 2. The summed E-state index contributed by atoms with van der Waals surface area (Å²) < 4.78 is 5.54. The summed E-state index contributed by atoms with van der Waals surface area (Å²) in [5, 5.41) is 11.7. The minimum Gasteiger partial charge on any atom is -0.507 e. The van der Waals surface area contributed by atoms with Gasteiger partial charge in [-0.1, -0.05) is 50.6 Å². The zero-order valence-electron chi connectivity index (χ0n) is 20.1. The highest BCUT2D eigenvalue weighted by Crippen LogP contribution is 2.43. The lowest BCUT2D eigenvalue weighted by molar-refractivity contribution is -0.132. The van der Waals surface area contributed by atoms with E-state index in [9.17, 15) is 14.7 Å². The Hall–Kier alpha value is -3.64. The van der Waals surface area contributed by atoms with Crippen molar-refractivity contribution in [2.24, 2.45) is 0 Å². The van der Waals surface area contributed by atoms with Gasteiger partial charge in [-0.05, 0) is 59.9 Å². The Labute approximate surface area is 209 Å². The molecule has 1 N–H and O–H groups in total. The summed E-state index contributed by atoms with van der Waals surface area (Å²) in [5.74, 6) is -1.42. The molecule has 1 aromatic heterocycles. The van der Waals surface area contributed by atoms with Gasteiger partial charge in [0.2, 0.25) is 0 Å². The van der Waals surface area contributed by atoms with Crippen LogP contribution in [0.15, 0.2) is 72.6 Å². The summed E-state index contributed by atoms with van der Waals surface area (Å²) in [7, 11) is 0. The molecule has 1 saturated heterocycles. The smallest absolute Gasteiger partial charge is 0.300 e. The fourth-order valence-corrected chi connectivity index (χ4v) is 4.32. The Kier molecular flexibility index (Phi) is 6.68. The molecule has 4 rings (SSSR count). The molecule has 1 atom stereocenters. The van der Waals surface area contributed by atoms with Gasteiger partial charge in [0.05, 0.1) is 23.2 Å². The van der Waals surface area contributed by atoms with E-state index in [1.54, 1.807) is 42.7 Å². The molecule has 2 heterocycles. The standard InChI is InChI=1S/C28H27ClN2O4/c1-5-35-22-15-17(8-13-21(22)29)25(32)23-24(18-7-6-14-30-16-18)31(27(34)26(23)33)20-11-9-19(10-12-20)28(2,3)4/h6-16,24,32H,5H2,1-4H3/b25-23-. The van der Waals surface area contributed by atoms with Gasteiger partial charge in [0.25, 0.3) is 11.7 Å². The van der Waals surface area contributed by atoms with Crippen LogP contribution in [0.4, 0.5) is 5.69 Å². The first kappa shape index (κ1) is 24.5. The van der Waals surface area contributed by atoms with Gasteiger partial charge in [0, 0.05) is 23.6 Å². The minimum absolute atomic E-state index is 0.0207. The van der Waals surface area contributed by atoms with Crippen molar-refractivity contribution in [3.63, 3.8) is 0 Å². The fourth-order valence-electron chi connectivity index (χ4n) is 4.15. The van der Waals surface area contributed by atoms with Gasteiger partial charge in [-0.25, -0.2) is 0 Å². The number of amides is 1. The average molecular weight is 491 g/mol. The predicted octanol–water partition coefficient (Wildman–Crippen LogP) is 6.06. The molecule has 1 aliphatic heterocycles. The van der Waals surface area contributed by atoms with Crippen LogP contribution in [0.5, 0.6) is 5.75 Å². The van der Waals surface area contributed by atoms with E-state index in [0.717, 1.165) is 5.56 Å². The van der Waals surface area contributed by atoms with Crippen molar-refractivity contribution in [2.45, 2.75) is 39.2 Å². The molecule has 0 aliphatic carbocycles. The summed E-state index contributed by atoms with van der Waals surface area (Å²) in [6.07, 6.45) is 3.20. The first-order valence-corrected chi connectivity index (χ1v) is 11.8. The molecular formula is C28H27ClN2O4. The number of ketones is 1. The molecule has 0 bridgehead atoms. The molecule has 1 unspecified atom stereocenters. The lowest BCUT2D eigenvalue weighted by atomic mass is 9.87. The molecule has 1 fully saturated rings. The Morgan fingerprint density at radius 2 is 1.83 bits per heavy atom. The first-order valence-electron chi connectivity index (χ1n) is 11.4. The topological polar surface area (TPSA) is 79.7 Å². The maximum Gasteiger partial charge on any atom is 0.300 e. The normalized spacial score (nSPS) is 17.6. The number of carbonyl (C=O) groups is 2. The Morgan fingerprint density at radius 1 is 1.11 bits per heavy atom. The van der Waals surface area contributed by atoms with Crippen molar-refractivity contribution in [1.29, 1.82) is 0 Å². The number of hydrogen-bond donors (Lipinski definition) is 1. The van der Waals surface area contributed by atoms with E-state index in [1.807, 2.05) is 31.2 Å². The van der Waals surface area contributed by atoms with Gasteiger partial charge >= 0.3 is 0 Å². The third-order valence-electron chi connectivity index (χ3n) is 5.96. The minimum atomic E-state index is -0.851. The number of anilines is 1. The number of rotatable bonds is 5. The lowest BCUT2D eigenvalue weighted by Gasteiger charge is -2.26. The van der Waals surface area contributed by atoms with Crippen molar-refractivity contribution in [2.75, 3.05) is 11.5 Å². The molecule has 1 amide bonds. The van der Waals surface area contributed by atoms with Crippen LogP contribution in [-0.4, -0.2) is 28.4 Å². The number of aliphatic hydroxyl groups excluding tert-OH is 1. The number of aromatic nitrogens is 1. The highest BCUT2D eigenvalue weighted by molar-refractivity contribution is 6.51. The second kappa shape index (κ2) is 9.55. The van der Waals surface area contributed by atoms with Gasteiger partial charge in [0.15, 0.2) is 0 Å². The molecule has 1 aliphatic rings. The second-order valence-electron chi connectivity index (χ2n) is 9.33. The number of carbonyl (C=O) groups excluding carboxylic acids is 2. The van der Waals surface area contributed by atoms with E-state index in [4.69, 9.17) is 16.3 Å². The van der Waals surface area contributed by atoms with Crippen molar-refractivity contribution in [3.8, 4) is 5.75 Å². The van der Waals surface area contributed by atoms with Crippen LogP contribution in [0.2, 0.25) is 5.02 Å². The van der Waals surface area contributed by atoms with Crippen LogP contribution in [0.1, 0.15) is 50.4 Å². The molecule has 0 saturated carbocycles. The van der Waals surface area contributed by atoms with Crippen LogP contribution in [0, 0.1) is 0 Å². The third kappa shape index (κ3) is 4.66. The number of nitrogens with zero attached hydrogens (tertiary/aromatic N) is 2. The quantitative estimate of drug-likeness (QED) is 0.267. The van der Waals surface area contributed by atoms with Crippen molar-refractivity contribution in [1.82, 2.24) is 4.98 Å². The largest absolute Gasteiger partial charge is 0.507 e. The zero-order valence-corrected chi connectivity index (χ0v) is 20.8. The molecule has 180 valence electrons. The van der Waals surface area contributed by atoms with Crippen LogP contribution >= 0.6 is 11.6 Å².